The molecule has 172 valence electrons. The van der Waals surface area contributed by atoms with E-state index in [-0.39, 0.29) is 12.3 Å². The molecule has 34 heavy (non-hydrogen) atoms. The highest BCUT2D eigenvalue weighted by Crippen LogP contribution is 2.36. The predicted octanol–water partition coefficient (Wildman–Crippen LogP) is 5.61. The Balaban J connectivity index is 1.26. The van der Waals surface area contributed by atoms with Crippen LogP contribution in [0.5, 0.6) is 11.5 Å². The van der Waals surface area contributed by atoms with Gasteiger partial charge in [0.05, 0.1) is 19.4 Å². The van der Waals surface area contributed by atoms with E-state index in [2.05, 4.69) is 15.5 Å². The molecule has 2 heterocycles. The number of anilines is 1. The molecule has 3 aromatic carbocycles. The summed E-state index contributed by atoms with van der Waals surface area (Å²) in [5.74, 6) is 2.00. The van der Waals surface area contributed by atoms with E-state index in [0.29, 0.717) is 41.8 Å². The second-order valence-electron chi connectivity index (χ2n) is 7.66. The van der Waals surface area contributed by atoms with E-state index in [9.17, 15) is 4.79 Å². The highest BCUT2D eigenvalue weighted by molar-refractivity contribution is 6.07. The summed E-state index contributed by atoms with van der Waals surface area (Å²) in [6, 6.07) is 18.9. The average molecular weight is 457 g/mol. The van der Waals surface area contributed by atoms with Crippen LogP contribution in [0.4, 0.5) is 5.69 Å². The number of furan rings is 1. The first-order valence-electron chi connectivity index (χ1n) is 11.0. The van der Waals surface area contributed by atoms with Crippen LogP contribution in [0, 0.1) is 0 Å². The Morgan fingerprint density at radius 3 is 2.65 bits per heavy atom. The van der Waals surface area contributed by atoms with Gasteiger partial charge in [-0.3, -0.25) is 4.79 Å². The van der Waals surface area contributed by atoms with Crippen molar-refractivity contribution in [2.45, 2.75) is 19.8 Å². The van der Waals surface area contributed by atoms with Gasteiger partial charge in [0.15, 0.2) is 0 Å². The molecule has 0 aliphatic rings. The topological polar surface area (TPSA) is 99.6 Å². The molecule has 1 N–H and O–H groups in total. The van der Waals surface area contributed by atoms with Crippen molar-refractivity contribution in [3.63, 3.8) is 0 Å². The third-order valence-corrected chi connectivity index (χ3v) is 5.43. The van der Waals surface area contributed by atoms with Gasteiger partial charge in [0.2, 0.25) is 17.6 Å². The molecule has 5 aromatic rings. The first-order valence-corrected chi connectivity index (χ1v) is 11.0. The number of fused-ring (bicyclic) bond motifs is 3. The summed E-state index contributed by atoms with van der Waals surface area (Å²) >= 11 is 0. The summed E-state index contributed by atoms with van der Waals surface area (Å²) in [7, 11) is 1.57. The number of nitrogens with zero attached hydrogens (tertiary/aromatic N) is 2. The number of carbonyl (C=O) groups is 1. The van der Waals surface area contributed by atoms with E-state index < -0.39 is 0 Å². The first-order chi connectivity index (χ1) is 16.6. The van der Waals surface area contributed by atoms with Crippen LogP contribution in [-0.4, -0.2) is 29.8 Å². The van der Waals surface area contributed by atoms with Gasteiger partial charge < -0.3 is 23.7 Å². The highest BCUT2D eigenvalue weighted by atomic mass is 16.5. The molecule has 0 unspecified atom stereocenters. The fourth-order valence-corrected chi connectivity index (χ4v) is 3.79. The van der Waals surface area contributed by atoms with Crippen molar-refractivity contribution >= 4 is 33.5 Å². The minimum absolute atomic E-state index is 0.173. The summed E-state index contributed by atoms with van der Waals surface area (Å²) < 4.78 is 22.2. The molecule has 1 amide bonds. The molecule has 8 heteroatoms. The molecule has 0 radical (unpaired) electrons. The molecular weight excluding hydrogens is 434 g/mol. The monoisotopic (exact) mass is 457 g/mol. The number of benzene rings is 3. The van der Waals surface area contributed by atoms with Crippen molar-refractivity contribution < 1.29 is 23.2 Å². The van der Waals surface area contributed by atoms with Crippen molar-refractivity contribution in [2.24, 2.45) is 0 Å². The number of carbonyl (C=O) groups excluding carboxylic acids is 1. The summed E-state index contributed by atoms with van der Waals surface area (Å²) in [5, 5.41) is 8.84. The van der Waals surface area contributed by atoms with Gasteiger partial charge in [0.25, 0.3) is 0 Å². The van der Waals surface area contributed by atoms with Crippen molar-refractivity contribution in [3.05, 3.63) is 66.6 Å². The lowest BCUT2D eigenvalue weighted by molar-refractivity contribution is -0.116. The maximum Gasteiger partial charge on any atom is 0.227 e. The fourth-order valence-electron chi connectivity index (χ4n) is 3.79. The number of aryl methyl sites for hydroxylation is 1. The standard InChI is InChI=1S/C26H23N3O5/c1-3-32-17-10-8-16(9-11-17)26-28-25(34-29-26)13-12-24(30)27-20-15-22-19(14-23(20)31-2)18-6-4-5-7-21(18)33-22/h4-11,14-15H,3,12-13H2,1-2H3,(H,27,30). The van der Waals surface area contributed by atoms with Gasteiger partial charge in [-0.25, -0.2) is 0 Å². The molecule has 2 aromatic heterocycles. The van der Waals surface area contributed by atoms with Crippen LogP contribution in [0.25, 0.3) is 33.3 Å². The van der Waals surface area contributed by atoms with Gasteiger partial charge in [0.1, 0.15) is 22.7 Å². The number of hydrogen-bond acceptors (Lipinski definition) is 7. The molecule has 0 atom stereocenters. The van der Waals surface area contributed by atoms with Crippen LogP contribution in [0.3, 0.4) is 0 Å². The van der Waals surface area contributed by atoms with E-state index in [1.807, 2.05) is 61.5 Å². The van der Waals surface area contributed by atoms with Gasteiger partial charge in [-0.05, 0) is 43.3 Å². The summed E-state index contributed by atoms with van der Waals surface area (Å²) in [6.07, 6.45) is 0.483. The lowest BCUT2D eigenvalue weighted by Gasteiger charge is -2.10. The zero-order chi connectivity index (χ0) is 23.5. The van der Waals surface area contributed by atoms with Crippen molar-refractivity contribution in [1.29, 1.82) is 0 Å². The zero-order valence-electron chi connectivity index (χ0n) is 18.8. The third-order valence-electron chi connectivity index (χ3n) is 5.43. The molecule has 0 fully saturated rings. The van der Waals surface area contributed by atoms with Gasteiger partial charge in [-0.1, -0.05) is 23.4 Å². The summed E-state index contributed by atoms with van der Waals surface area (Å²) in [6.45, 7) is 2.54. The normalized spacial score (nSPS) is 11.1. The molecule has 0 aliphatic heterocycles. The van der Waals surface area contributed by atoms with Crippen molar-refractivity contribution in [1.82, 2.24) is 10.1 Å². The van der Waals surface area contributed by atoms with Crippen molar-refractivity contribution in [2.75, 3.05) is 19.0 Å². The van der Waals surface area contributed by atoms with Crippen LogP contribution in [-0.2, 0) is 11.2 Å². The third kappa shape index (κ3) is 4.30. The number of amides is 1. The van der Waals surface area contributed by atoms with E-state index in [0.717, 1.165) is 27.7 Å². The number of rotatable bonds is 8. The minimum Gasteiger partial charge on any atom is -0.495 e. The number of aromatic nitrogens is 2. The van der Waals surface area contributed by atoms with Crippen LogP contribution in [0.2, 0.25) is 0 Å². The SMILES string of the molecule is CCOc1ccc(-c2noc(CCC(=O)Nc3cc4oc5ccccc5c4cc3OC)n2)cc1. The molecule has 0 saturated heterocycles. The highest BCUT2D eigenvalue weighted by Gasteiger charge is 2.15. The Kier molecular flexibility index (Phi) is 5.86. The number of para-hydroxylation sites is 1. The van der Waals surface area contributed by atoms with E-state index in [1.54, 1.807) is 13.2 Å². The Morgan fingerprint density at radius 1 is 1.03 bits per heavy atom. The second kappa shape index (κ2) is 9.27. The minimum atomic E-state index is -0.199. The molecule has 0 bridgehead atoms. The number of methoxy groups -OCH3 is 1. The Hall–Kier alpha value is -4.33. The van der Waals surface area contributed by atoms with Crippen molar-refractivity contribution in [3.8, 4) is 22.9 Å². The smallest absolute Gasteiger partial charge is 0.227 e. The van der Waals surface area contributed by atoms with E-state index in [4.69, 9.17) is 18.4 Å². The lowest BCUT2D eigenvalue weighted by Crippen LogP contribution is -2.13. The quantitative estimate of drug-likeness (QED) is 0.323. The molecule has 5 rings (SSSR count). The number of hydrogen-bond donors (Lipinski definition) is 1. The van der Waals surface area contributed by atoms with E-state index in [1.165, 1.54) is 0 Å². The fraction of sp³-hybridized carbons (Fsp3) is 0.192. The molecule has 0 saturated carbocycles. The number of ether oxygens (including phenoxy) is 2. The first kappa shape index (κ1) is 21.5. The van der Waals surface area contributed by atoms with Crippen LogP contribution in [0.15, 0.2) is 69.6 Å². The van der Waals surface area contributed by atoms with Gasteiger partial charge >= 0.3 is 0 Å². The Bertz CT molecular complexity index is 1450. The average Bonchev–Trinajstić information content (AvgIpc) is 3.47. The Labute approximate surface area is 195 Å². The molecular formula is C26H23N3O5. The maximum atomic E-state index is 12.6. The molecule has 8 nitrogen and oxygen atoms in total. The lowest BCUT2D eigenvalue weighted by atomic mass is 10.1. The Morgan fingerprint density at radius 2 is 1.85 bits per heavy atom. The van der Waals surface area contributed by atoms with Crippen LogP contribution < -0.4 is 14.8 Å². The molecule has 0 spiro atoms. The molecule has 0 aliphatic carbocycles. The van der Waals surface area contributed by atoms with Crippen LogP contribution >= 0.6 is 0 Å². The maximum absolute atomic E-state index is 12.6. The number of nitrogens with one attached hydrogen (secondary N) is 1. The van der Waals surface area contributed by atoms with Crippen LogP contribution in [0.1, 0.15) is 19.2 Å². The second-order valence-corrected chi connectivity index (χ2v) is 7.66. The zero-order valence-corrected chi connectivity index (χ0v) is 18.8. The summed E-state index contributed by atoms with van der Waals surface area (Å²) in [4.78, 5) is 17.0. The van der Waals surface area contributed by atoms with Gasteiger partial charge in [-0.2, -0.15) is 4.98 Å². The van der Waals surface area contributed by atoms with Gasteiger partial charge in [0, 0.05) is 35.2 Å². The predicted molar refractivity (Wildman–Crippen MR) is 128 cm³/mol. The summed E-state index contributed by atoms with van der Waals surface area (Å²) in [5.41, 5.74) is 2.81. The largest absolute Gasteiger partial charge is 0.495 e. The van der Waals surface area contributed by atoms with E-state index >= 15 is 0 Å². The van der Waals surface area contributed by atoms with Gasteiger partial charge in [-0.15, -0.1) is 0 Å².